The van der Waals surface area contributed by atoms with E-state index < -0.39 is 10.0 Å². The van der Waals surface area contributed by atoms with Crippen LogP contribution in [0.15, 0.2) is 24.3 Å². The fraction of sp³-hybridized carbons (Fsp3) is 0.462. The Kier molecular flexibility index (Phi) is 5.97. The second kappa shape index (κ2) is 7.25. The molecule has 6 nitrogen and oxygen atoms in total. The summed E-state index contributed by atoms with van der Waals surface area (Å²) in [6, 6.07) is 6.31. The van der Waals surface area contributed by atoms with E-state index in [1.807, 2.05) is 0 Å². The van der Waals surface area contributed by atoms with Crippen molar-refractivity contribution >= 4 is 21.6 Å². The number of benzene rings is 1. The predicted molar refractivity (Wildman–Crippen MR) is 80.1 cm³/mol. The van der Waals surface area contributed by atoms with Gasteiger partial charge >= 0.3 is 0 Å². The van der Waals surface area contributed by atoms with Gasteiger partial charge in [-0.2, -0.15) is 0 Å². The van der Waals surface area contributed by atoms with E-state index in [1.165, 1.54) is 0 Å². The van der Waals surface area contributed by atoms with E-state index >= 15 is 0 Å². The number of para-hydroxylation sites is 1. The molecule has 0 bridgehead atoms. The van der Waals surface area contributed by atoms with E-state index in [0.29, 0.717) is 13.0 Å². The van der Waals surface area contributed by atoms with Gasteiger partial charge < -0.3 is 11.1 Å². The SMILES string of the molecule is CCCS(=O)(=O)Nc1ccccc1C(=O)N[C@@H](C)CN. The fourth-order valence-electron chi connectivity index (χ4n) is 1.62. The Morgan fingerprint density at radius 2 is 2.00 bits per heavy atom. The number of anilines is 1. The fourth-order valence-corrected chi connectivity index (χ4v) is 2.77. The Hall–Kier alpha value is -1.60. The molecule has 4 N–H and O–H groups in total. The molecule has 0 spiro atoms. The number of hydrogen-bond donors (Lipinski definition) is 3. The van der Waals surface area contributed by atoms with Crippen LogP contribution in [0.1, 0.15) is 30.6 Å². The lowest BCUT2D eigenvalue weighted by Gasteiger charge is -2.15. The topological polar surface area (TPSA) is 101 Å². The molecule has 0 aliphatic carbocycles. The standard InChI is InChI=1S/C13H21N3O3S/c1-3-8-20(18,19)16-12-7-5-4-6-11(12)13(17)15-10(2)9-14/h4-7,10,16H,3,8-9,14H2,1-2H3,(H,15,17)/t10-/m0/s1. The van der Waals surface area contributed by atoms with Crippen molar-refractivity contribution in [3.8, 4) is 0 Å². The molecule has 0 heterocycles. The van der Waals surface area contributed by atoms with Crippen molar-refractivity contribution in [2.45, 2.75) is 26.3 Å². The van der Waals surface area contributed by atoms with Gasteiger partial charge in [-0.3, -0.25) is 9.52 Å². The predicted octanol–water partition coefficient (Wildman–Crippen LogP) is 0.915. The van der Waals surface area contributed by atoms with Crippen LogP contribution in [0, 0.1) is 0 Å². The van der Waals surface area contributed by atoms with Gasteiger partial charge in [0.15, 0.2) is 0 Å². The highest BCUT2D eigenvalue weighted by Crippen LogP contribution is 2.17. The molecule has 0 radical (unpaired) electrons. The quantitative estimate of drug-likeness (QED) is 0.696. The van der Waals surface area contributed by atoms with Gasteiger partial charge in [-0.1, -0.05) is 19.1 Å². The van der Waals surface area contributed by atoms with Gasteiger partial charge in [0.25, 0.3) is 5.91 Å². The molecule has 1 atom stereocenters. The summed E-state index contributed by atoms with van der Waals surface area (Å²) in [6.07, 6.45) is 0.508. The average Bonchev–Trinajstić information content (AvgIpc) is 2.38. The smallest absolute Gasteiger partial charge is 0.253 e. The van der Waals surface area contributed by atoms with Crippen LogP contribution in [0.2, 0.25) is 0 Å². The van der Waals surface area contributed by atoms with E-state index in [9.17, 15) is 13.2 Å². The summed E-state index contributed by atoms with van der Waals surface area (Å²) in [4.78, 5) is 12.1. The van der Waals surface area contributed by atoms with Crippen molar-refractivity contribution < 1.29 is 13.2 Å². The van der Waals surface area contributed by atoms with Crippen LogP contribution < -0.4 is 15.8 Å². The molecule has 0 aromatic heterocycles. The van der Waals surface area contributed by atoms with Crippen LogP contribution in [0.4, 0.5) is 5.69 Å². The molecule has 1 amide bonds. The van der Waals surface area contributed by atoms with Crippen molar-refractivity contribution in [3.05, 3.63) is 29.8 Å². The molecular weight excluding hydrogens is 278 g/mol. The summed E-state index contributed by atoms with van der Waals surface area (Å²) in [6.45, 7) is 3.87. The molecule has 1 aromatic carbocycles. The Bertz CT molecular complexity index is 558. The van der Waals surface area contributed by atoms with Crippen molar-refractivity contribution in [3.63, 3.8) is 0 Å². The zero-order valence-corrected chi connectivity index (χ0v) is 12.5. The third kappa shape index (κ3) is 4.82. The Balaban J connectivity index is 2.96. The normalized spacial score (nSPS) is 12.8. The van der Waals surface area contributed by atoms with Crippen LogP contribution >= 0.6 is 0 Å². The lowest BCUT2D eigenvalue weighted by Crippen LogP contribution is -2.38. The maximum Gasteiger partial charge on any atom is 0.253 e. The minimum atomic E-state index is -3.43. The van der Waals surface area contributed by atoms with Crippen LogP contribution in [0.25, 0.3) is 0 Å². The van der Waals surface area contributed by atoms with E-state index in [2.05, 4.69) is 10.0 Å². The lowest BCUT2D eigenvalue weighted by atomic mass is 10.1. The van der Waals surface area contributed by atoms with Crippen molar-refractivity contribution in [1.82, 2.24) is 5.32 Å². The molecule has 1 aromatic rings. The van der Waals surface area contributed by atoms with Gasteiger partial charge in [0, 0.05) is 12.6 Å². The third-order valence-corrected chi connectivity index (χ3v) is 4.12. The number of sulfonamides is 1. The number of nitrogens with one attached hydrogen (secondary N) is 2. The van der Waals surface area contributed by atoms with Gasteiger partial charge in [-0.05, 0) is 25.5 Å². The van der Waals surface area contributed by atoms with Crippen molar-refractivity contribution in [2.75, 3.05) is 17.0 Å². The first kappa shape index (κ1) is 16.5. The number of hydrogen-bond acceptors (Lipinski definition) is 4. The number of rotatable bonds is 7. The number of carbonyl (C=O) groups excluding carboxylic acids is 1. The first-order chi connectivity index (χ1) is 9.39. The summed E-state index contributed by atoms with van der Waals surface area (Å²) in [7, 11) is -3.43. The monoisotopic (exact) mass is 299 g/mol. The molecule has 112 valence electrons. The second-order valence-corrected chi connectivity index (χ2v) is 6.42. The van der Waals surface area contributed by atoms with E-state index in [1.54, 1.807) is 38.1 Å². The number of carbonyl (C=O) groups is 1. The third-order valence-electron chi connectivity index (χ3n) is 2.64. The molecule has 0 saturated carbocycles. The molecule has 20 heavy (non-hydrogen) atoms. The van der Waals surface area contributed by atoms with Gasteiger partial charge in [-0.15, -0.1) is 0 Å². The Labute approximate surface area is 119 Å². The van der Waals surface area contributed by atoms with E-state index in [4.69, 9.17) is 5.73 Å². The van der Waals surface area contributed by atoms with Gasteiger partial charge in [0.1, 0.15) is 0 Å². The zero-order chi connectivity index (χ0) is 15.2. The van der Waals surface area contributed by atoms with Crippen molar-refractivity contribution in [2.24, 2.45) is 5.73 Å². The number of nitrogens with two attached hydrogens (primary N) is 1. The van der Waals surface area contributed by atoms with Crippen LogP contribution in [-0.2, 0) is 10.0 Å². The maximum atomic E-state index is 12.1. The highest BCUT2D eigenvalue weighted by molar-refractivity contribution is 7.92. The molecule has 0 unspecified atom stereocenters. The van der Waals surface area contributed by atoms with Gasteiger partial charge in [0.2, 0.25) is 10.0 Å². The largest absolute Gasteiger partial charge is 0.348 e. The van der Waals surface area contributed by atoms with Crippen LogP contribution in [-0.4, -0.2) is 32.7 Å². The van der Waals surface area contributed by atoms with E-state index in [-0.39, 0.29) is 29.0 Å². The lowest BCUT2D eigenvalue weighted by molar-refractivity contribution is 0.0942. The first-order valence-electron chi connectivity index (χ1n) is 6.50. The molecule has 7 heteroatoms. The summed E-state index contributed by atoms with van der Waals surface area (Å²) in [5, 5.41) is 2.71. The van der Waals surface area contributed by atoms with Gasteiger partial charge in [-0.25, -0.2) is 8.42 Å². The van der Waals surface area contributed by atoms with Gasteiger partial charge in [0.05, 0.1) is 17.0 Å². The molecule has 0 aliphatic heterocycles. The number of amides is 1. The molecule has 0 saturated heterocycles. The van der Waals surface area contributed by atoms with Crippen LogP contribution in [0.5, 0.6) is 0 Å². The average molecular weight is 299 g/mol. The Morgan fingerprint density at radius 3 is 2.60 bits per heavy atom. The summed E-state index contributed by atoms with van der Waals surface area (Å²) in [5.41, 5.74) is 6.02. The molecule has 1 rings (SSSR count). The summed E-state index contributed by atoms with van der Waals surface area (Å²) >= 11 is 0. The minimum absolute atomic E-state index is 0.0160. The second-order valence-electron chi connectivity index (χ2n) is 4.58. The highest BCUT2D eigenvalue weighted by atomic mass is 32.2. The molecule has 0 aliphatic rings. The van der Waals surface area contributed by atoms with Crippen LogP contribution in [0.3, 0.4) is 0 Å². The van der Waals surface area contributed by atoms with Crippen molar-refractivity contribution in [1.29, 1.82) is 0 Å². The summed E-state index contributed by atoms with van der Waals surface area (Å²) in [5.74, 6) is -0.333. The van der Waals surface area contributed by atoms with E-state index in [0.717, 1.165) is 0 Å². The summed E-state index contributed by atoms with van der Waals surface area (Å²) < 4.78 is 26.0. The maximum absolute atomic E-state index is 12.1. The highest BCUT2D eigenvalue weighted by Gasteiger charge is 2.16. The zero-order valence-electron chi connectivity index (χ0n) is 11.7. The molecular formula is C13H21N3O3S. The Morgan fingerprint density at radius 1 is 1.35 bits per heavy atom. The first-order valence-corrected chi connectivity index (χ1v) is 8.15. The molecule has 0 fully saturated rings. The minimum Gasteiger partial charge on any atom is -0.348 e.